The predicted octanol–water partition coefficient (Wildman–Crippen LogP) is 6.34. The van der Waals surface area contributed by atoms with Crippen molar-refractivity contribution in [1.82, 2.24) is 30.0 Å². The number of nitrogens with zero attached hydrogens (tertiary/aromatic N) is 4. The van der Waals surface area contributed by atoms with E-state index in [-0.39, 0.29) is 5.82 Å². The van der Waals surface area contributed by atoms with E-state index in [2.05, 4.69) is 43.9 Å². The van der Waals surface area contributed by atoms with E-state index in [4.69, 9.17) is 0 Å². The van der Waals surface area contributed by atoms with Gasteiger partial charge >= 0.3 is 0 Å². The van der Waals surface area contributed by atoms with Crippen LogP contribution in [0.4, 0.5) is 4.39 Å². The van der Waals surface area contributed by atoms with Crippen molar-refractivity contribution in [3.05, 3.63) is 96.7 Å². The molecule has 0 aliphatic carbocycles. The molecule has 0 spiro atoms. The van der Waals surface area contributed by atoms with Gasteiger partial charge in [-0.2, -0.15) is 5.10 Å². The lowest BCUT2D eigenvalue weighted by Crippen LogP contribution is -2.09. The number of allylic oxidation sites excluding steroid dienone is 4. The minimum absolute atomic E-state index is 0.271. The largest absolute Gasteiger partial charge is 0.378 e. The molecule has 0 aliphatic heterocycles. The fraction of sp³-hybridized carbons (Fsp3) is 0.107. The highest BCUT2D eigenvalue weighted by Gasteiger charge is 2.16. The maximum Gasteiger partial charge on any atom is 0.181 e. The van der Waals surface area contributed by atoms with E-state index in [9.17, 15) is 4.39 Å². The summed E-state index contributed by atoms with van der Waals surface area (Å²) in [5.41, 5.74) is 7.17. The number of halogens is 1. The molecule has 0 fully saturated rings. The van der Waals surface area contributed by atoms with Crippen molar-refractivity contribution in [2.24, 2.45) is 0 Å². The zero-order valence-electron chi connectivity index (χ0n) is 19.8. The zero-order chi connectivity index (χ0) is 24.5. The number of rotatable bonds is 6. The molecule has 0 atom stereocenters. The van der Waals surface area contributed by atoms with Gasteiger partial charge in [0.25, 0.3) is 0 Å². The molecule has 0 aliphatic rings. The van der Waals surface area contributed by atoms with Gasteiger partial charge in [-0.3, -0.25) is 5.10 Å². The second kappa shape index (κ2) is 9.02. The first-order valence-corrected chi connectivity index (χ1v) is 11.3. The number of nitrogens with one attached hydrogen (secondary N) is 2. The standard InChI is InChI=1S/C28H25FN6/c1-5-17(13-19(6-2)35(3)4)18-14-23-26(33-34-28(23)31-16-18)25-15-22-20(11-12-30-27(22)32-25)21-9-7-8-10-24(21)29/h5-16H,2H2,1,3-4H3,(H,30,32)(H,31,33,34)/b17-5+,19-13+. The summed E-state index contributed by atoms with van der Waals surface area (Å²) in [7, 11) is 3.96. The summed E-state index contributed by atoms with van der Waals surface area (Å²) in [6.45, 7) is 5.91. The van der Waals surface area contributed by atoms with Crippen LogP contribution in [0.5, 0.6) is 0 Å². The SMILES string of the molecule is C=C/C(=C\C(=C/C)c1cnc2n[nH]c(-c3cc4c(-c5ccccc5F)ccnc4[nH]3)c2c1)N(C)C. The van der Waals surface area contributed by atoms with E-state index in [1.54, 1.807) is 18.3 Å². The molecule has 2 N–H and O–H groups in total. The van der Waals surface area contributed by atoms with Gasteiger partial charge in [-0.1, -0.05) is 30.9 Å². The highest BCUT2D eigenvalue weighted by atomic mass is 19.1. The van der Waals surface area contributed by atoms with Gasteiger partial charge in [-0.05, 0) is 54.5 Å². The first kappa shape index (κ1) is 22.3. The summed E-state index contributed by atoms with van der Waals surface area (Å²) in [6.07, 6.45) is 9.44. The lowest BCUT2D eigenvalue weighted by Gasteiger charge is -2.14. The van der Waals surface area contributed by atoms with Crippen molar-refractivity contribution in [3.63, 3.8) is 0 Å². The third kappa shape index (κ3) is 4.01. The van der Waals surface area contributed by atoms with E-state index in [1.807, 2.05) is 62.5 Å². The normalized spacial score (nSPS) is 12.5. The Morgan fingerprint density at radius 3 is 2.63 bits per heavy atom. The lowest BCUT2D eigenvalue weighted by molar-refractivity contribution is 0.530. The topological polar surface area (TPSA) is 73.5 Å². The number of likely N-dealkylation sites (N-methyl/N-ethyl adjacent to an activating group) is 1. The lowest BCUT2D eigenvalue weighted by atomic mass is 10.0. The summed E-state index contributed by atoms with van der Waals surface area (Å²) < 4.78 is 14.5. The number of fused-ring (bicyclic) bond motifs is 2. The van der Waals surface area contributed by atoms with Gasteiger partial charge in [0.15, 0.2) is 5.65 Å². The van der Waals surface area contributed by atoms with Crippen LogP contribution in [0.1, 0.15) is 12.5 Å². The summed E-state index contributed by atoms with van der Waals surface area (Å²) in [5.74, 6) is -0.271. The average Bonchev–Trinajstić information content (AvgIpc) is 3.48. The summed E-state index contributed by atoms with van der Waals surface area (Å²) in [5, 5.41) is 9.21. The molecule has 1 aromatic carbocycles. The van der Waals surface area contributed by atoms with Gasteiger partial charge in [-0.25, -0.2) is 14.4 Å². The Hall–Kier alpha value is -4.52. The fourth-order valence-corrected chi connectivity index (χ4v) is 4.20. The molecule has 174 valence electrons. The smallest absolute Gasteiger partial charge is 0.181 e. The molecule has 7 heteroatoms. The molecule has 6 nitrogen and oxygen atoms in total. The maximum atomic E-state index is 14.5. The minimum Gasteiger partial charge on any atom is -0.378 e. The van der Waals surface area contributed by atoms with Crippen LogP contribution in [-0.4, -0.2) is 44.1 Å². The van der Waals surface area contributed by atoms with Gasteiger partial charge in [-0.15, -0.1) is 0 Å². The molecule has 5 aromatic rings. The molecule has 0 unspecified atom stereocenters. The molecule has 4 heterocycles. The van der Waals surface area contributed by atoms with Crippen molar-refractivity contribution < 1.29 is 4.39 Å². The number of aromatic nitrogens is 5. The van der Waals surface area contributed by atoms with Crippen molar-refractivity contribution in [2.45, 2.75) is 6.92 Å². The second-order valence-corrected chi connectivity index (χ2v) is 8.39. The van der Waals surface area contributed by atoms with E-state index < -0.39 is 0 Å². The van der Waals surface area contributed by atoms with E-state index in [0.29, 0.717) is 16.9 Å². The Balaban J connectivity index is 1.63. The number of benzene rings is 1. The molecule has 0 saturated carbocycles. The molecule has 4 aromatic heterocycles. The van der Waals surface area contributed by atoms with Gasteiger partial charge in [0, 0.05) is 54.1 Å². The first-order valence-electron chi connectivity index (χ1n) is 11.3. The monoisotopic (exact) mass is 464 g/mol. The highest BCUT2D eigenvalue weighted by molar-refractivity contribution is 5.99. The fourth-order valence-electron chi connectivity index (χ4n) is 4.20. The number of aromatic amines is 2. The third-order valence-electron chi connectivity index (χ3n) is 6.05. The number of hydrogen-bond acceptors (Lipinski definition) is 4. The summed E-state index contributed by atoms with van der Waals surface area (Å²) in [6, 6.07) is 12.6. The highest BCUT2D eigenvalue weighted by Crippen LogP contribution is 2.34. The van der Waals surface area contributed by atoms with Crippen LogP contribution in [0.15, 0.2) is 85.4 Å². The van der Waals surface area contributed by atoms with Crippen LogP contribution < -0.4 is 0 Å². The van der Waals surface area contributed by atoms with Gasteiger partial charge in [0.05, 0.1) is 11.4 Å². The van der Waals surface area contributed by atoms with Crippen LogP contribution >= 0.6 is 0 Å². The van der Waals surface area contributed by atoms with Crippen molar-refractivity contribution in [2.75, 3.05) is 14.1 Å². The zero-order valence-corrected chi connectivity index (χ0v) is 19.8. The molecule has 0 bridgehead atoms. The van der Waals surface area contributed by atoms with Gasteiger partial charge in [0.2, 0.25) is 0 Å². The minimum atomic E-state index is -0.271. The molecule has 0 radical (unpaired) electrons. The average molecular weight is 465 g/mol. The van der Waals surface area contributed by atoms with Crippen molar-refractivity contribution in [1.29, 1.82) is 0 Å². The molecular weight excluding hydrogens is 439 g/mol. The third-order valence-corrected chi connectivity index (χ3v) is 6.05. The Morgan fingerprint density at radius 1 is 1.06 bits per heavy atom. The molecule has 0 amide bonds. The Kier molecular flexibility index (Phi) is 5.74. The quantitative estimate of drug-likeness (QED) is 0.288. The number of hydrogen-bond donors (Lipinski definition) is 2. The first-order chi connectivity index (χ1) is 17.0. The van der Waals surface area contributed by atoms with Crippen molar-refractivity contribution >= 4 is 27.6 Å². The number of pyridine rings is 2. The van der Waals surface area contributed by atoms with Gasteiger partial charge < -0.3 is 9.88 Å². The predicted molar refractivity (Wildman–Crippen MR) is 140 cm³/mol. The van der Waals surface area contributed by atoms with E-state index in [1.165, 1.54) is 6.07 Å². The number of H-pyrrole nitrogens is 2. The van der Waals surface area contributed by atoms with Crippen LogP contribution in [0.2, 0.25) is 0 Å². The Morgan fingerprint density at radius 2 is 1.89 bits per heavy atom. The van der Waals surface area contributed by atoms with Crippen LogP contribution in [0, 0.1) is 5.82 Å². The van der Waals surface area contributed by atoms with E-state index >= 15 is 0 Å². The molecule has 35 heavy (non-hydrogen) atoms. The molecule has 0 saturated heterocycles. The van der Waals surface area contributed by atoms with Crippen LogP contribution in [0.3, 0.4) is 0 Å². The summed E-state index contributed by atoms with van der Waals surface area (Å²) >= 11 is 0. The molecular formula is C28H25FN6. The molecule has 5 rings (SSSR count). The second-order valence-electron chi connectivity index (χ2n) is 8.39. The Labute approximate surface area is 202 Å². The summed E-state index contributed by atoms with van der Waals surface area (Å²) in [4.78, 5) is 14.4. The van der Waals surface area contributed by atoms with Crippen molar-refractivity contribution in [3.8, 4) is 22.5 Å². The van der Waals surface area contributed by atoms with Crippen LogP contribution in [-0.2, 0) is 0 Å². The maximum absolute atomic E-state index is 14.5. The van der Waals surface area contributed by atoms with E-state index in [0.717, 1.165) is 44.6 Å². The Bertz CT molecular complexity index is 1620. The van der Waals surface area contributed by atoms with Crippen LogP contribution in [0.25, 0.3) is 50.2 Å². The van der Waals surface area contributed by atoms with Gasteiger partial charge in [0.1, 0.15) is 11.5 Å².